The van der Waals surface area contributed by atoms with E-state index in [1.165, 1.54) is 4.68 Å². The Morgan fingerprint density at radius 3 is 3.00 bits per heavy atom. The number of hydrogen-bond donors (Lipinski definition) is 1. The SMILES string of the molecule is Cn1nc2c(cc1=O)CN(CC(=O)NC1CCOCC1)CC2. The van der Waals surface area contributed by atoms with Gasteiger partial charge >= 0.3 is 0 Å². The number of carbonyl (C=O) groups excluding carboxylic acids is 1. The number of rotatable bonds is 3. The lowest BCUT2D eigenvalue weighted by Gasteiger charge is -2.29. The molecular weight excluding hydrogens is 284 g/mol. The zero-order valence-corrected chi connectivity index (χ0v) is 12.9. The third-order valence-electron chi connectivity index (χ3n) is 4.27. The number of hydrogen-bond acceptors (Lipinski definition) is 5. The van der Waals surface area contributed by atoms with Crippen LogP contribution in [0.25, 0.3) is 0 Å². The van der Waals surface area contributed by atoms with Crippen LogP contribution >= 0.6 is 0 Å². The molecule has 1 saturated heterocycles. The van der Waals surface area contributed by atoms with Gasteiger partial charge in [-0.15, -0.1) is 0 Å². The fraction of sp³-hybridized carbons (Fsp3) is 0.667. The van der Waals surface area contributed by atoms with Gasteiger partial charge in [-0.1, -0.05) is 0 Å². The fourth-order valence-electron chi connectivity index (χ4n) is 3.01. The summed E-state index contributed by atoms with van der Waals surface area (Å²) >= 11 is 0. The molecule has 0 aliphatic carbocycles. The van der Waals surface area contributed by atoms with Gasteiger partial charge < -0.3 is 10.1 Å². The van der Waals surface area contributed by atoms with E-state index in [4.69, 9.17) is 4.74 Å². The second-order valence-electron chi connectivity index (χ2n) is 5.99. The molecule has 7 heteroatoms. The largest absolute Gasteiger partial charge is 0.381 e. The van der Waals surface area contributed by atoms with E-state index in [1.54, 1.807) is 13.1 Å². The number of nitrogens with zero attached hydrogens (tertiary/aromatic N) is 3. The number of aryl methyl sites for hydroxylation is 1. The van der Waals surface area contributed by atoms with Crippen molar-refractivity contribution in [2.75, 3.05) is 26.3 Å². The first-order valence-corrected chi connectivity index (χ1v) is 7.77. The number of aromatic nitrogens is 2. The van der Waals surface area contributed by atoms with Gasteiger partial charge in [-0.25, -0.2) is 4.68 Å². The van der Waals surface area contributed by atoms with Gasteiger partial charge in [-0.05, 0) is 18.4 Å². The van der Waals surface area contributed by atoms with E-state index in [0.717, 1.165) is 50.3 Å². The van der Waals surface area contributed by atoms with Gasteiger partial charge in [0.1, 0.15) is 0 Å². The molecule has 2 aliphatic heterocycles. The lowest BCUT2D eigenvalue weighted by molar-refractivity contribution is -0.123. The highest BCUT2D eigenvalue weighted by Crippen LogP contribution is 2.14. The predicted molar refractivity (Wildman–Crippen MR) is 80.4 cm³/mol. The highest BCUT2D eigenvalue weighted by atomic mass is 16.5. The van der Waals surface area contributed by atoms with Crippen LogP contribution in [-0.4, -0.2) is 52.9 Å². The van der Waals surface area contributed by atoms with Crippen molar-refractivity contribution in [1.29, 1.82) is 0 Å². The van der Waals surface area contributed by atoms with Gasteiger partial charge in [0, 0.05) is 51.9 Å². The molecule has 7 nitrogen and oxygen atoms in total. The van der Waals surface area contributed by atoms with Crippen molar-refractivity contribution in [3.63, 3.8) is 0 Å². The van der Waals surface area contributed by atoms with Crippen LogP contribution in [0.3, 0.4) is 0 Å². The summed E-state index contributed by atoms with van der Waals surface area (Å²) in [7, 11) is 1.66. The third-order valence-corrected chi connectivity index (χ3v) is 4.27. The number of nitrogens with one attached hydrogen (secondary N) is 1. The molecule has 0 spiro atoms. The van der Waals surface area contributed by atoms with Crippen molar-refractivity contribution >= 4 is 5.91 Å². The quantitative estimate of drug-likeness (QED) is 0.809. The van der Waals surface area contributed by atoms with Crippen LogP contribution in [0.5, 0.6) is 0 Å². The molecule has 1 fully saturated rings. The Labute approximate surface area is 129 Å². The summed E-state index contributed by atoms with van der Waals surface area (Å²) in [6.07, 6.45) is 2.54. The summed E-state index contributed by atoms with van der Waals surface area (Å²) in [4.78, 5) is 25.9. The highest BCUT2D eigenvalue weighted by molar-refractivity contribution is 5.78. The van der Waals surface area contributed by atoms with E-state index in [2.05, 4.69) is 15.3 Å². The van der Waals surface area contributed by atoms with E-state index in [-0.39, 0.29) is 17.5 Å². The smallest absolute Gasteiger partial charge is 0.266 e. The molecule has 22 heavy (non-hydrogen) atoms. The van der Waals surface area contributed by atoms with Gasteiger partial charge in [-0.3, -0.25) is 14.5 Å². The Bertz CT molecular complexity index is 607. The van der Waals surface area contributed by atoms with Gasteiger partial charge in [-0.2, -0.15) is 5.10 Å². The van der Waals surface area contributed by atoms with Crippen molar-refractivity contribution in [3.05, 3.63) is 27.7 Å². The van der Waals surface area contributed by atoms with Crippen LogP contribution in [0, 0.1) is 0 Å². The molecular formula is C15H22N4O3. The summed E-state index contributed by atoms with van der Waals surface area (Å²) < 4.78 is 6.66. The number of carbonyl (C=O) groups is 1. The van der Waals surface area contributed by atoms with Gasteiger partial charge in [0.25, 0.3) is 5.56 Å². The molecule has 0 unspecified atom stereocenters. The first-order valence-electron chi connectivity index (χ1n) is 7.77. The Morgan fingerprint density at radius 2 is 2.23 bits per heavy atom. The van der Waals surface area contributed by atoms with Gasteiger partial charge in [0.2, 0.25) is 5.91 Å². The van der Waals surface area contributed by atoms with Crippen LogP contribution in [0.4, 0.5) is 0 Å². The Kier molecular flexibility index (Phi) is 4.54. The van der Waals surface area contributed by atoms with Gasteiger partial charge in [0.05, 0.1) is 12.2 Å². The molecule has 3 rings (SSSR count). The minimum atomic E-state index is -0.104. The lowest BCUT2D eigenvalue weighted by Crippen LogP contribution is -2.45. The summed E-state index contributed by atoms with van der Waals surface area (Å²) in [6.45, 7) is 3.21. The Balaban J connectivity index is 1.56. The fourth-order valence-corrected chi connectivity index (χ4v) is 3.01. The molecule has 1 aromatic rings. The standard InChI is InChI=1S/C15H22N4O3/c1-18-15(21)8-11-9-19(5-2-13(11)17-18)10-14(20)16-12-3-6-22-7-4-12/h8,12H,2-7,9-10H2,1H3,(H,16,20). The maximum Gasteiger partial charge on any atom is 0.266 e. The molecule has 0 radical (unpaired) electrons. The average molecular weight is 306 g/mol. The van der Waals surface area contributed by atoms with Crippen LogP contribution in [-0.2, 0) is 29.5 Å². The number of amides is 1. The molecule has 0 aromatic carbocycles. The summed E-state index contributed by atoms with van der Waals surface area (Å²) in [5.74, 6) is 0.0483. The molecule has 1 aromatic heterocycles. The molecule has 0 atom stereocenters. The molecule has 0 saturated carbocycles. The minimum absolute atomic E-state index is 0.0483. The lowest BCUT2D eigenvalue weighted by atomic mass is 10.1. The first kappa shape index (κ1) is 15.2. The Morgan fingerprint density at radius 1 is 1.45 bits per heavy atom. The topological polar surface area (TPSA) is 76.5 Å². The van der Waals surface area contributed by atoms with Crippen LogP contribution < -0.4 is 10.9 Å². The number of fused-ring (bicyclic) bond motifs is 1. The zero-order valence-electron chi connectivity index (χ0n) is 12.9. The molecule has 0 bridgehead atoms. The molecule has 1 amide bonds. The first-order chi connectivity index (χ1) is 10.6. The van der Waals surface area contributed by atoms with Crippen molar-refractivity contribution in [2.24, 2.45) is 7.05 Å². The molecule has 3 heterocycles. The number of ether oxygens (including phenoxy) is 1. The van der Waals surface area contributed by atoms with Gasteiger partial charge in [0.15, 0.2) is 0 Å². The maximum atomic E-state index is 12.1. The maximum absolute atomic E-state index is 12.1. The van der Waals surface area contributed by atoms with Crippen molar-refractivity contribution in [3.8, 4) is 0 Å². The predicted octanol–water partition coefficient (Wildman–Crippen LogP) is -0.566. The molecule has 1 N–H and O–H groups in total. The third kappa shape index (κ3) is 3.53. The monoisotopic (exact) mass is 306 g/mol. The highest BCUT2D eigenvalue weighted by Gasteiger charge is 2.22. The Hall–Kier alpha value is -1.73. The second kappa shape index (κ2) is 6.58. The summed E-state index contributed by atoms with van der Waals surface area (Å²) in [5.41, 5.74) is 1.80. The van der Waals surface area contributed by atoms with E-state index < -0.39 is 0 Å². The van der Waals surface area contributed by atoms with Crippen LogP contribution in [0.15, 0.2) is 10.9 Å². The normalized spacial score (nSPS) is 19.7. The zero-order chi connectivity index (χ0) is 15.5. The van der Waals surface area contributed by atoms with Crippen LogP contribution in [0.2, 0.25) is 0 Å². The van der Waals surface area contributed by atoms with Crippen molar-refractivity contribution in [1.82, 2.24) is 20.0 Å². The van der Waals surface area contributed by atoms with E-state index in [0.29, 0.717) is 13.1 Å². The summed E-state index contributed by atoms with van der Waals surface area (Å²) in [6, 6.07) is 1.86. The van der Waals surface area contributed by atoms with E-state index in [9.17, 15) is 9.59 Å². The van der Waals surface area contributed by atoms with Crippen molar-refractivity contribution < 1.29 is 9.53 Å². The van der Waals surface area contributed by atoms with Crippen molar-refractivity contribution in [2.45, 2.75) is 31.8 Å². The minimum Gasteiger partial charge on any atom is -0.381 e. The summed E-state index contributed by atoms with van der Waals surface area (Å²) in [5, 5.41) is 7.35. The van der Waals surface area contributed by atoms with E-state index >= 15 is 0 Å². The van der Waals surface area contributed by atoms with Crippen LogP contribution in [0.1, 0.15) is 24.1 Å². The average Bonchev–Trinajstić information content (AvgIpc) is 2.49. The molecule has 120 valence electrons. The van der Waals surface area contributed by atoms with E-state index in [1.807, 2.05) is 0 Å². The second-order valence-corrected chi connectivity index (χ2v) is 5.99. The molecule has 2 aliphatic rings.